The van der Waals surface area contributed by atoms with E-state index in [4.69, 9.17) is 0 Å². The fourth-order valence-electron chi connectivity index (χ4n) is 2.73. The smallest absolute Gasteiger partial charge is 0.337 e. The van der Waals surface area contributed by atoms with Crippen molar-refractivity contribution in [3.05, 3.63) is 78.6 Å². The quantitative estimate of drug-likeness (QED) is 0.492. The first kappa shape index (κ1) is 16.5. The van der Waals surface area contributed by atoms with E-state index >= 15 is 0 Å². The van der Waals surface area contributed by atoms with Crippen molar-refractivity contribution in [1.82, 2.24) is 15.0 Å². The van der Waals surface area contributed by atoms with Gasteiger partial charge in [0.05, 0.1) is 22.5 Å². The average Bonchev–Trinajstić information content (AvgIpc) is 2.69. The van der Waals surface area contributed by atoms with Crippen molar-refractivity contribution in [3.63, 3.8) is 0 Å². The van der Waals surface area contributed by atoms with Crippen molar-refractivity contribution in [2.45, 2.75) is 0 Å². The maximum Gasteiger partial charge on any atom is 0.337 e. The molecule has 0 unspecified atom stereocenters. The fraction of sp³-hybridized carbons (Fsp3) is 0. The first-order valence-electron chi connectivity index (χ1n) is 8.24. The standard InChI is InChI=1S/C20H15N5O2/c26-19(27)14-7-1-2-8-15(14)23-17-10-12-22-20(25-17)24-16-9-3-5-13-6-4-11-21-18(13)16/h1-12H,(H,26,27)(H2,22,23,24,25). The maximum absolute atomic E-state index is 11.4. The number of aromatic carboxylic acids is 1. The second-order valence-electron chi connectivity index (χ2n) is 5.75. The van der Waals surface area contributed by atoms with Gasteiger partial charge >= 0.3 is 5.97 Å². The molecule has 27 heavy (non-hydrogen) atoms. The zero-order valence-electron chi connectivity index (χ0n) is 14.1. The minimum absolute atomic E-state index is 0.170. The lowest BCUT2D eigenvalue weighted by atomic mass is 10.2. The zero-order chi connectivity index (χ0) is 18.6. The van der Waals surface area contributed by atoms with Crippen LogP contribution in [0.5, 0.6) is 0 Å². The van der Waals surface area contributed by atoms with Crippen LogP contribution < -0.4 is 10.6 Å². The van der Waals surface area contributed by atoms with Crippen molar-refractivity contribution in [2.75, 3.05) is 10.6 Å². The molecule has 0 amide bonds. The van der Waals surface area contributed by atoms with Crippen molar-refractivity contribution in [3.8, 4) is 0 Å². The Hall–Kier alpha value is -4.00. The van der Waals surface area contributed by atoms with Crippen LogP contribution in [0.15, 0.2) is 73.1 Å². The molecular formula is C20H15N5O2. The van der Waals surface area contributed by atoms with Crippen LogP contribution in [0.4, 0.5) is 23.1 Å². The molecule has 4 rings (SSSR count). The molecule has 4 aromatic rings. The minimum atomic E-state index is -1.01. The third-order valence-corrected chi connectivity index (χ3v) is 3.95. The molecule has 0 radical (unpaired) electrons. The van der Waals surface area contributed by atoms with Crippen LogP contribution in [-0.4, -0.2) is 26.0 Å². The van der Waals surface area contributed by atoms with Gasteiger partial charge in [-0.1, -0.05) is 30.3 Å². The van der Waals surface area contributed by atoms with Gasteiger partial charge in [0, 0.05) is 17.8 Å². The van der Waals surface area contributed by atoms with E-state index < -0.39 is 5.97 Å². The van der Waals surface area contributed by atoms with Crippen LogP contribution in [0.2, 0.25) is 0 Å². The van der Waals surface area contributed by atoms with E-state index in [1.54, 1.807) is 36.7 Å². The summed E-state index contributed by atoms with van der Waals surface area (Å²) in [6.07, 6.45) is 3.33. The molecular weight excluding hydrogens is 342 g/mol. The van der Waals surface area contributed by atoms with E-state index in [-0.39, 0.29) is 5.56 Å². The Morgan fingerprint density at radius 3 is 2.52 bits per heavy atom. The zero-order valence-corrected chi connectivity index (χ0v) is 14.1. The van der Waals surface area contributed by atoms with E-state index in [1.165, 1.54) is 6.07 Å². The lowest BCUT2D eigenvalue weighted by Crippen LogP contribution is -2.05. The number of hydrogen-bond acceptors (Lipinski definition) is 6. The largest absolute Gasteiger partial charge is 0.478 e. The number of pyridine rings is 1. The Labute approximate surface area is 154 Å². The summed E-state index contributed by atoms with van der Waals surface area (Å²) in [4.78, 5) is 24.4. The molecule has 132 valence electrons. The van der Waals surface area contributed by atoms with Gasteiger partial charge in [-0.15, -0.1) is 0 Å². The molecule has 0 aliphatic rings. The van der Waals surface area contributed by atoms with Crippen LogP contribution >= 0.6 is 0 Å². The highest BCUT2D eigenvalue weighted by Gasteiger charge is 2.10. The average molecular weight is 357 g/mol. The minimum Gasteiger partial charge on any atom is -0.478 e. The number of carboxylic acid groups (broad SMARTS) is 1. The molecule has 2 aromatic heterocycles. The first-order valence-corrected chi connectivity index (χ1v) is 8.24. The van der Waals surface area contributed by atoms with Crippen molar-refractivity contribution < 1.29 is 9.90 Å². The Morgan fingerprint density at radius 2 is 1.63 bits per heavy atom. The van der Waals surface area contributed by atoms with Crippen LogP contribution in [-0.2, 0) is 0 Å². The lowest BCUT2D eigenvalue weighted by molar-refractivity contribution is 0.0698. The topological polar surface area (TPSA) is 100 Å². The molecule has 0 bridgehead atoms. The number of para-hydroxylation sites is 2. The molecule has 2 heterocycles. The summed E-state index contributed by atoms with van der Waals surface area (Å²) in [5, 5.41) is 16.5. The number of carboxylic acids is 1. The molecule has 0 fully saturated rings. The summed E-state index contributed by atoms with van der Waals surface area (Å²) >= 11 is 0. The van der Waals surface area contributed by atoms with Gasteiger partial charge in [-0.3, -0.25) is 4.98 Å². The summed E-state index contributed by atoms with van der Waals surface area (Å²) in [6.45, 7) is 0. The molecule has 0 saturated heterocycles. The number of carbonyl (C=O) groups is 1. The van der Waals surface area contributed by atoms with Gasteiger partial charge in [0.25, 0.3) is 0 Å². The van der Waals surface area contributed by atoms with Gasteiger partial charge in [-0.2, -0.15) is 4.98 Å². The fourth-order valence-corrected chi connectivity index (χ4v) is 2.73. The monoisotopic (exact) mass is 357 g/mol. The summed E-state index contributed by atoms with van der Waals surface area (Å²) in [5.41, 5.74) is 2.24. The number of hydrogen-bond donors (Lipinski definition) is 3. The molecule has 0 aliphatic carbocycles. The molecule has 7 nitrogen and oxygen atoms in total. The van der Waals surface area contributed by atoms with E-state index in [0.717, 1.165) is 16.6 Å². The van der Waals surface area contributed by atoms with Crippen molar-refractivity contribution in [2.24, 2.45) is 0 Å². The Morgan fingerprint density at radius 1 is 0.815 bits per heavy atom. The number of rotatable bonds is 5. The number of nitrogens with zero attached hydrogens (tertiary/aromatic N) is 3. The van der Waals surface area contributed by atoms with E-state index in [0.29, 0.717) is 17.5 Å². The van der Waals surface area contributed by atoms with Gasteiger partial charge in [-0.05, 0) is 30.3 Å². The molecule has 0 spiro atoms. The molecule has 0 saturated carbocycles. The van der Waals surface area contributed by atoms with Crippen molar-refractivity contribution in [1.29, 1.82) is 0 Å². The van der Waals surface area contributed by atoms with Crippen LogP contribution in [0.1, 0.15) is 10.4 Å². The number of nitrogens with one attached hydrogen (secondary N) is 2. The second kappa shape index (κ2) is 7.09. The predicted molar refractivity (Wildman–Crippen MR) is 104 cm³/mol. The van der Waals surface area contributed by atoms with Crippen LogP contribution in [0.25, 0.3) is 10.9 Å². The van der Waals surface area contributed by atoms with E-state index in [9.17, 15) is 9.90 Å². The third kappa shape index (κ3) is 3.52. The number of aromatic nitrogens is 3. The normalized spacial score (nSPS) is 10.5. The summed E-state index contributed by atoms with van der Waals surface area (Å²) < 4.78 is 0. The van der Waals surface area contributed by atoms with Gasteiger partial charge in [0.2, 0.25) is 5.95 Å². The number of fused-ring (bicyclic) bond motifs is 1. The number of anilines is 4. The molecule has 0 atom stereocenters. The molecule has 3 N–H and O–H groups in total. The summed E-state index contributed by atoms with van der Waals surface area (Å²) in [7, 11) is 0. The Balaban J connectivity index is 1.63. The summed E-state index contributed by atoms with van der Waals surface area (Å²) in [5.74, 6) is -0.146. The molecule has 0 aliphatic heterocycles. The van der Waals surface area contributed by atoms with Crippen molar-refractivity contribution >= 4 is 40.0 Å². The number of benzene rings is 2. The SMILES string of the molecule is O=C(O)c1ccccc1Nc1ccnc(Nc2cccc3cccnc23)n1. The Bertz CT molecular complexity index is 1120. The highest BCUT2D eigenvalue weighted by atomic mass is 16.4. The van der Waals surface area contributed by atoms with E-state index in [1.807, 2.05) is 30.3 Å². The van der Waals surface area contributed by atoms with Gasteiger partial charge < -0.3 is 15.7 Å². The van der Waals surface area contributed by atoms with Crippen LogP contribution in [0.3, 0.4) is 0 Å². The maximum atomic E-state index is 11.4. The molecule has 7 heteroatoms. The van der Waals surface area contributed by atoms with Gasteiger partial charge in [-0.25, -0.2) is 9.78 Å². The van der Waals surface area contributed by atoms with E-state index in [2.05, 4.69) is 25.6 Å². The van der Waals surface area contributed by atoms with Crippen LogP contribution in [0, 0.1) is 0 Å². The highest BCUT2D eigenvalue weighted by Crippen LogP contribution is 2.24. The highest BCUT2D eigenvalue weighted by molar-refractivity contribution is 5.95. The lowest BCUT2D eigenvalue weighted by Gasteiger charge is -2.11. The first-order chi connectivity index (χ1) is 13.2. The predicted octanol–water partition coefficient (Wildman–Crippen LogP) is 4.21. The van der Waals surface area contributed by atoms with Gasteiger partial charge in [0.1, 0.15) is 5.82 Å². The van der Waals surface area contributed by atoms with Gasteiger partial charge in [0.15, 0.2) is 0 Å². The Kier molecular flexibility index (Phi) is 4.32. The second-order valence-corrected chi connectivity index (χ2v) is 5.75. The summed E-state index contributed by atoms with van der Waals surface area (Å²) in [6, 6.07) is 18.0. The molecule has 2 aromatic carbocycles. The third-order valence-electron chi connectivity index (χ3n) is 3.95.